The highest BCUT2D eigenvalue weighted by Crippen LogP contribution is 2.55. The number of hydrogen-bond donors (Lipinski definition) is 0. The summed E-state index contributed by atoms with van der Waals surface area (Å²) in [6.45, 7) is 4.76. The summed E-state index contributed by atoms with van der Waals surface area (Å²) >= 11 is 1.88. The molecule has 0 unspecified atom stereocenters. The molecule has 0 atom stereocenters. The van der Waals surface area contributed by atoms with E-state index in [1.165, 1.54) is 108 Å². The lowest BCUT2D eigenvalue weighted by molar-refractivity contribution is 0.656. The molecule has 2 heteroatoms. The lowest BCUT2D eigenvalue weighted by Gasteiger charge is -2.23. The van der Waals surface area contributed by atoms with E-state index in [1.807, 2.05) is 11.3 Å². The number of rotatable bonds is 2. The van der Waals surface area contributed by atoms with Gasteiger partial charge in [0.2, 0.25) is 0 Å². The number of fused-ring (bicyclic) bond motifs is 14. The smallest absolute Gasteiger partial charge is 0.143 e. The predicted octanol–water partition coefficient (Wildman–Crippen LogP) is 15.1. The van der Waals surface area contributed by atoms with Gasteiger partial charge in [0.1, 0.15) is 11.2 Å². The highest BCUT2D eigenvalue weighted by atomic mass is 32.1. The summed E-state index contributed by atoms with van der Waals surface area (Å²) in [7, 11) is 0. The second-order valence-electron chi connectivity index (χ2n) is 15.2. The van der Waals surface area contributed by atoms with Crippen LogP contribution in [0.4, 0.5) is 0 Å². The Bertz CT molecular complexity index is 3320. The fraction of sp³-hybridized carbons (Fsp3) is 0.0588. The Labute approximate surface area is 310 Å². The van der Waals surface area contributed by atoms with Crippen LogP contribution in [0.5, 0.6) is 0 Å². The van der Waals surface area contributed by atoms with E-state index < -0.39 is 0 Å². The maximum atomic E-state index is 6.66. The summed E-state index contributed by atoms with van der Waals surface area (Å²) in [6, 6.07) is 58.6. The van der Waals surface area contributed by atoms with Crippen molar-refractivity contribution in [1.29, 1.82) is 0 Å². The molecule has 0 saturated heterocycles. The molecule has 1 aliphatic rings. The van der Waals surface area contributed by atoms with Gasteiger partial charge in [0, 0.05) is 41.7 Å². The number of hydrogen-bond acceptors (Lipinski definition) is 2. The van der Waals surface area contributed by atoms with E-state index in [4.69, 9.17) is 4.42 Å². The molecule has 2 aromatic heterocycles. The van der Waals surface area contributed by atoms with Crippen LogP contribution in [0, 0.1) is 0 Å². The van der Waals surface area contributed by atoms with Crippen molar-refractivity contribution in [2.45, 2.75) is 19.3 Å². The van der Waals surface area contributed by atoms with Gasteiger partial charge >= 0.3 is 0 Å². The number of para-hydroxylation sites is 1. The molecule has 0 saturated carbocycles. The van der Waals surface area contributed by atoms with E-state index in [2.05, 4.69) is 172 Å². The Balaban J connectivity index is 1.11. The fourth-order valence-corrected chi connectivity index (χ4v) is 10.8. The molecule has 1 nitrogen and oxygen atoms in total. The van der Waals surface area contributed by atoms with Crippen LogP contribution in [0.25, 0.3) is 108 Å². The summed E-state index contributed by atoms with van der Waals surface area (Å²) in [5, 5.41) is 12.6. The van der Waals surface area contributed by atoms with E-state index in [0.29, 0.717) is 0 Å². The summed E-state index contributed by atoms with van der Waals surface area (Å²) in [4.78, 5) is 0. The average molecular weight is 693 g/mol. The van der Waals surface area contributed by atoms with Crippen molar-refractivity contribution in [2.24, 2.45) is 0 Å². The Hall–Kier alpha value is -6.22. The van der Waals surface area contributed by atoms with Gasteiger partial charge in [0.05, 0.1) is 0 Å². The highest BCUT2D eigenvalue weighted by Gasteiger charge is 2.38. The van der Waals surface area contributed by atoms with Gasteiger partial charge < -0.3 is 4.42 Å². The normalized spacial score (nSPS) is 13.6. The van der Waals surface area contributed by atoms with Crippen LogP contribution in [-0.2, 0) is 5.41 Å². The monoisotopic (exact) mass is 692 g/mol. The van der Waals surface area contributed by atoms with Crippen molar-refractivity contribution in [3.8, 4) is 33.4 Å². The molecule has 0 amide bonds. The first-order valence-electron chi connectivity index (χ1n) is 18.4. The topological polar surface area (TPSA) is 13.1 Å². The van der Waals surface area contributed by atoms with Gasteiger partial charge in [-0.1, -0.05) is 141 Å². The summed E-state index contributed by atoms with van der Waals surface area (Å²) in [5.74, 6) is 0. The minimum atomic E-state index is -0.199. The largest absolute Gasteiger partial charge is 0.455 e. The molecule has 0 N–H and O–H groups in total. The van der Waals surface area contributed by atoms with Crippen LogP contribution in [-0.4, -0.2) is 0 Å². The lowest BCUT2D eigenvalue weighted by Crippen LogP contribution is -2.15. The van der Waals surface area contributed by atoms with Gasteiger partial charge in [-0.25, -0.2) is 0 Å². The molecule has 0 fully saturated rings. The molecule has 0 aliphatic heterocycles. The number of thiophene rings is 1. The Morgan fingerprint density at radius 3 is 1.75 bits per heavy atom. The first-order chi connectivity index (χ1) is 26.0. The maximum Gasteiger partial charge on any atom is 0.143 e. The summed E-state index contributed by atoms with van der Waals surface area (Å²) in [6.07, 6.45) is 0. The lowest BCUT2D eigenvalue weighted by atomic mass is 9.79. The molecule has 248 valence electrons. The molecular weight excluding hydrogens is 661 g/mol. The summed E-state index contributed by atoms with van der Waals surface area (Å²) < 4.78 is 9.32. The van der Waals surface area contributed by atoms with Crippen molar-refractivity contribution in [3.63, 3.8) is 0 Å². The van der Waals surface area contributed by atoms with Crippen LogP contribution in [0.15, 0.2) is 162 Å². The number of benzene rings is 9. The summed E-state index contributed by atoms with van der Waals surface area (Å²) in [5.41, 5.74) is 12.1. The Morgan fingerprint density at radius 2 is 1.02 bits per heavy atom. The van der Waals surface area contributed by atoms with Crippen LogP contribution in [0.1, 0.15) is 25.0 Å². The van der Waals surface area contributed by atoms with Crippen molar-refractivity contribution in [3.05, 3.63) is 169 Å². The first kappa shape index (κ1) is 29.4. The van der Waals surface area contributed by atoms with Gasteiger partial charge in [-0.05, 0) is 102 Å². The van der Waals surface area contributed by atoms with Crippen molar-refractivity contribution >= 4 is 85.8 Å². The van der Waals surface area contributed by atoms with Crippen LogP contribution < -0.4 is 0 Å². The van der Waals surface area contributed by atoms with Crippen LogP contribution in [0.2, 0.25) is 0 Å². The quantitative estimate of drug-likeness (QED) is 0.164. The van der Waals surface area contributed by atoms with Crippen molar-refractivity contribution in [2.75, 3.05) is 0 Å². The second kappa shape index (κ2) is 10.4. The average Bonchev–Trinajstić information content (AvgIpc) is 3.84. The molecular formula is C51H32OS. The highest BCUT2D eigenvalue weighted by molar-refractivity contribution is 7.25. The minimum Gasteiger partial charge on any atom is -0.455 e. The van der Waals surface area contributed by atoms with Gasteiger partial charge in [0.25, 0.3) is 0 Å². The molecule has 0 spiro atoms. The van der Waals surface area contributed by atoms with E-state index in [1.54, 1.807) is 0 Å². The maximum absolute atomic E-state index is 6.66. The second-order valence-corrected chi connectivity index (χ2v) is 16.2. The van der Waals surface area contributed by atoms with E-state index in [9.17, 15) is 0 Å². The zero-order valence-electron chi connectivity index (χ0n) is 29.3. The molecule has 53 heavy (non-hydrogen) atoms. The van der Waals surface area contributed by atoms with E-state index >= 15 is 0 Å². The van der Waals surface area contributed by atoms with E-state index in [-0.39, 0.29) is 5.41 Å². The van der Waals surface area contributed by atoms with Crippen molar-refractivity contribution < 1.29 is 4.42 Å². The van der Waals surface area contributed by atoms with E-state index in [0.717, 1.165) is 11.2 Å². The fourth-order valence-electron chi connectivity index (χ4n) is 9.70. The Kier molecular flexibility index (Phi) is 5.78. The molecule has 0 radical (unpaired) electrons. The standard InChI is InChI=1S/C51H32OS/c1-51(2)42-26-22-30(27-41(42)39-24-19-29-20-25-40-32-11-7-9-17-43(32)52-50(40)48(29)49(39)51)46-35-13-3-5-15-37(35)47(38-16-6-4-14-36(38)46)31-21-23-34-33-12-8-10-18-44(33)53-45(34)28-31/h3-28H,1-2H3. The van der Waals surface area contributed by atoms with Crippen molar-refractivity contribution in [1.82, 2.24) is 0 Å². The minimum absolute atomic E-state index is 0.199. The molecule has 11 aromatic rings. The van der Waals surface area contributed by atoms with Gasteiger partial charge in [0.15, 0.2) is 0 Å². The predicted molar refractivity (Wildman–Crippen MR) is 228 cm³/mol. The van der Waals surface area contributed by atoms with Gasteiger partial charge in [-0.15, -0.1) is 11.3 Å². The Morgan fingerprint density at radius 1 is 0.453 bits per heavy atom. The first-order valence-corrected chi connectivity index (χ1v) is 19.2. The number of furan rings is 1. The third-order valence-electron chi connectivity index (χ3n) is 12.0. The van der Waals surface area contributed by atoms with Gasteiger partial charge in [-0.3, -0.25) is 0 Å². The molecule has 9 aromatic carbocycles. The third kappa shape index (κ3) is 3.91. The zero-order valence-corrected chi connectivity index (χ0v) is 30.1. The van der Waals surface area contributed by atoms with Crippen LogP contribution >= 0.6 is 11.3 Å². The molecule has 2 heterocycles. The molecule has 12 rings (SSSR count). The van der Waals surface area contributed by atoms with Crippen LogP contribution in [0.3, 0.4) is 0 Å². The molecule has 0 bridgehead atoms. The molecule has 1 aliphatic carbocycles. The van der Waals surface area contributed by atoms with Gasteiger partial charge in [-0.2, -0.15) is 0 Å². The zero-order chi connectivity index (χ0) is 35.0. The third-order valence-corrected chi connectivity index (χ3v) is 13.2. The SMILES string of the molecule is CC1(C)c2ccc(-c3c4ccccc4c(-c4ccc5c(c4)sc4ccccc45)c4ccccc34)cc2-c2ccc3ccc4c5ccccc5oc4c3c21.